The first-order chi connectivity index (χ1) is 8.25. The van der Waals surface area contributed by atoms with Gasteiger partial charge in [0.2, 0.25) is 0 Å². The summed E-state index contributed by atoms with van der Waals surface area (Å²) < 4.78 is 1.22. The monoisotopic (exact) mass is 316 g/mol. The van der Waals surface area contributed by atoms with Crippen molar-refractivity contribution in [1.82, 2.24) is 10.2 Å². The molecule has 4 heteroatoms. The van der Waals surface area contributed by atoms with E-state index in [0.29, 0.717) is 0 Å². The molecule has 1 aliphatic rings. The third kappa shape index (κ3) is 4.36. The molecule has 0 atom stereocenters. The predicted molar refractivity (Wildman–Crippen MR) is 78.6 cm³/mol. The van der Waals surface area contributed by atoms with Crippen LogP contribution in [0.3, 0.4) is 0 Å². The molecule has 0 unspecified atom stereocenters. The standard InChI is InChI=1S/C13H21BrN2S/c1-16(11-4-2-3-5-11)9-8-15-10-12-6-7-13(14)17-12/h6-7,11,15H,2-5,8-10H2,1H3. The highest BCUT2D eigenvalue weighted by Gasteiger charge is 2.18. The molecule has 0 aliphatic heterocycles. The molecule has 0 aromatic carbocycles. The van der Waals surface area contributed by atoms with Crippen LogP contribution in [0.15, 0.2) is 15.9 Å². The molecule has 1 aromatic heterocycles. The van der Waals surface area contributed by atoms with Crippen LogP contribution < -0.4 is 5.32 Å². The van der Waals surface area contributed by atoms with Crippen LogP contribution in [0.2, 0.25) is 0 Å². The minimum absolute atomic E-state index is 0.840. The van der Waals surface area contributed by atoms with Crippen LogP contribution in [-0.2, 0) is 6.54 Å². The zero-order valence-corrected chi connectivity index (χ0v) is 12.8. The number of hydrogen-bond acceptors (Lipinski definition) is 3. The molecule has 2 rings (SSSR count). The molecule has 0 spiro atoms. The smallest absolute Gasteiger partial charge is 0.0701 e. The first-order valence-corrected chi connectivity index (χ1v) is 8.02. The van der Waals surface area contributed by atoms with E-state index in [1.165, 1.54) is 34.3 Å². The van der Waals surface area contributed by atoms with Gasteiger partial charge in [0.15, 0.2) is 0 Å². The summed E-state index contributed by atoms with van der Waals surface area (Å²) in [5, 5.41) is 3.52. The average molecular weight is 317 g/mol. The zero-order valence-electron chi connectivity index (χ0n) is 10.4. The Morgan fingerprint density at radius 3 is 2.82 bits per heavy atom. The largest absolute Gasteiger partial charge is 0.311 e. The Morgan fingerprint density at radius 1 is 1.41 bits per heavy atom. The molecule has 0 bridgehead atoms. The first kappa shape index (κ1) is 13.5. The van der Waals surface area contributed by atoms with Gasteiger partial charge in [-0.2, -0.15) is 0 Å². The molecule has 1 fully saturated rings. The fourth-order valence-corrected chi connectivity index (χ4v) is 3.89. The minimum Gasteiger partial charge on any atom is -0.311 e. The normalized spacial score (nSPS) is 17.1. The van der Waals surface area contributed by atoms with Gasteiger partial charge in [0, 0.05) is 30.6 Å². The topological polar surface area (TPSA) is 15.3 Å². The van der Waals surface area contributed by atoms with Crippen LogP contribution in [0.25, 0.3) is 0 Å². The quantitative estimate of drug-likeness (QED) is 0.808. The number of hydrogen-bond donors (Lipinski definition) is 1. The predicted octanol–water partition coefficient (Wildman–Crippen LogP) is 3.47. The van der Waals surface area contributed by atoms with Gasteiger partial charge in [-0.25, -0.2) is 0 Å². The zero-order chi connectivity index (χ0) is 12.1. The summed E-state index contributed by atoms with van der Waals surface area (Å²) in [6.45, 7) is 3.24. The Morgan fingerprint density at radius 2 is 2.18 bits per heavy atom. The van der Waals surface area contributed by atoms with Crippen molar-refractivity contribution < 1.29 is 0 Å². The van der Waals surface area contributed by atoms with Crippen molar-refractivity contribution in [2.24, 2.45) is 0 Å². The van der Waals surface area contributed by atoms with E-state index >= 15 is 0 Å². The van der Waals surface area contributed by atoms with Crippen molar-refractivity contribution in [3.05, 3.63) is 20.8 Å². The van der Waals surface area contributed by atoms with Crippen molar-refractivity contribution in [2.75, 3.05) is 20.1 Å². The number of nitrogens with zero attached hydrogens (tertiary/aromatic N) is 1. The molecule has 0 radical (unpaired) electrons. The van der Waals surface area contributed by atoms with Gasteiger partial charge in [0.05, 0.1) is 3.79 Å². The van der Waals surface area contributed by atoms with Crippen molar-refractivity contribution in [3.8, 4) is 0 Å². The number of rotatable bonds is 6. The van der Waals surface area contributed by atoms with Crippen molar-refractivity contribution in [3.63, 3.8) is 0 Å². The number of likely N-dealkylation sites (N-methyl/N-ethyl adjacent to an activating group) is 1. The van der Waals surface area contributed by atoms with Crippen LogP contribution in [-0.4, -0.2) is 31.1 Å². The van der Waals surface area contributed by atoms with E-state index in [9.17, 15) is 0 Å². The maximum atomic E-state index is 3.52. The number of halogens is 1. The molecular weight excluding hydrogens is 296 g/mol. The summed E-state index contributed by atoms with van der Waals surface area (Å²) in [5.74, 6) is 0. The summed E-state index contributed by atoms with van der Waals surface area (Å²) in [4.78, 5) is 3.92. The molecule has 1 N–H and O–H groups in total. The maximum Gasteiger partial charge on any atom is 0.0701 e. The molecule has 1 aromatic rings. The Labute approximate surface area is 117 Å². The average Bonchev–Trinajstić information content (AvgIpc) is 2.95. The lowest BCUT2D eigenvalue weighted by Crippen LogP contribution is -2.35. The van der Waals surface area contributed by atoms with Crippen molar-refractivity contribution >= 4 is 27.3 Å². The Hall–Kier alpha value is 0.1000. The van der Waals surface area contributed by atoms with E-state index in [-0.39, 0.29) is 0 Å². The summed E-state index contributed by atoms with van der Waals surface area (Å²) in [6.07, 6.45) is 5.64. The summed E-state index contributed by atoms with van der Waals surface area (Å²) in [5.41, 5.74) is 0. The van der Waals surface area contributed by atoms with E-state index in [0.717, 1.165) is 25.7 Å². The summed E-state index contributed by atoms with van der Waals surface area (Å²) in [6, 6.07) is 5.14. The highest BCUT2D eigenvalue weighted by molar-refractivity contribution is 9.11. The second-order valence-electron chi connectivity index (χ2n) is 4.80. The van der Waals surface area contributed by atoms with E-state index in [2.05, 4.69) is 45.3 Å². The second-order valence-corrected chi connectivity index (χ2v) is 7.35. The van der Waals surface area contributed by atoms with Crippen LogP contribution in [0.4, 0.5) is 0 Å². The van der Waals surface area contributed by atoms with Crippen molar-refractivity contribution in [1.29, 1.82) is 0 Å². The Bertz CT molecular complexity index is 334. The number of nitrogens with one attached hydrogen (secondary N) is 1. The fourth-order valence-electron chi connectivity index (χ4n) is 2.44. The van der Waals surface area contributed by atoms with Gasteiger partial charge >= 0.3 is 0 Å². The molecule has 1 saturated carbocycles. The van der Waals surface area contributed by atoms with Crippen LogP contribution in [0, 0.1) is 0 Å². The summed E-state index contributed by atoms with van der Waals surface area (Å²) in [7, 11) is 2.26. The Balaban J connectivity index is 1.59. The lowest BCUT2D eigenvalue weighted by atomic mass is 10.2. The minimum atomic E-state index is 0.840. The molecule has 17 heavy (non-hydrogen) atoms. The maximum absolute atomic E-state index is 3.52. The highest BCUT2D eigenvalue weighted by atomic mass is 79.9. The molecule has 96 valence electrons. The fraction of sp³-hybridized carbons (Fsp3) is 0.692. The lowest BCUT2D eigenvalue weighted by molar-refractivity contribution is 0.245. The van der Waals surface area contributed by atoms with Crippen LogP contribution in [0.5, 0.6) is 0 Å². The summed E-state index contributed by atoms with van der Waals surface area (Å²) >= 11 is 5.30. The van der Waals surface area contributed by atoms with Gasteiger partial charge in [-0.3, -0.25) is 0 Å². The second kappa shape index (κ2) is 6.88. The van der Waals surface area contributed by atoms with Crippen molar-refractivity contribution in [2.45, 2.75) is 38.3 Å². The van der Waals surface area contributed by atoms with Gasteiger partial charge in [0.1, 0.15) is 0 Å². The van der Waals surface area contributed by atoms with E-state index in [1.807, 2.05) is 11.3 Å². The molecule has 1 aliphatic carbocycles. The van der Waals surface area contributed by atoms with Gasteiger partial charge in [-0.15, -0.1) is 11.3 Å². The molecule has 0 amide bonds. The first-order valence-electron chi connectivity index (χ1n) is 6.41. The van der Waals surface area contributed by atoms with E-state index in [1.54, 1.807) is 0 Å². The van der Waals surface area contributed by atoms with Gasteiger partial charge in [-0.1, -0.05) is 12.8 Å². The SMILES string of the molecule is CN(CCNCc1ccc(Br)s1)C1CCCC1. The van der Waals surface area contributed by atoms with E-state index < -0.39 is 0 Å². The van der Waals surface area contributed by atoms with Crippen LogP contribution >= 0.6 is 27.3 Å². The number of thiophene rings is 1. The molecule has 0 saturated heterocycles. The Kier molecular flexibility index (Phi) is 5.48. The highest BCUT2D eigenvalue weighted by Crippen LogP contribution is 2.22. The molecular formula is C13H21BrN2S. The lowest BCUT2D eigenvalue weighted by Gasteiger charge is -2.23. The van der Waals surface area contributed by atoms with Gasteiger partial charge < -0.3 is 10.2 Å². The van der Waals surface area contributed by atoms with Gasteiger partial charge in [-0.05, 0) is 48.0 Å². The third-order valence-corrected chi connectivity index (χ3v) is 5.14. The van der Waals surface area contributed by atoms with E-state index in [4.69, 9.17) is 0 Å². The van der Waals surface area contributed by atoms with Crippen LogP contribution in [0.1, 0.15) is 30.6 Å². The third-order valence-electron chi connectivity index (χ3n) is 3.52. The molecule has 1 heterocycles. The van der Waals surface area contributed by atoms with Gasteiger partial charge in [0.25, 0.3) is 0 Å². The molecule has 2 nitrogen and oxygen atoms in total.